The van der Waals surface area contributed by atoms with Crippen molar-refractivity contribution < 1.29 is 14.6 Å². The van der Waals surface area contributed by atoms with Crippen molar-refractivity contribution in [1.82, 2.24) is 9.78 Å². The summed E-state index contributed by atoms with van der Waals surface area (Å²) in [5.74, 6) is 0.957. The summed E-state index contributed by atoms with van der Waals surface area (Å²) in [5, 5.41) is 14.9. The molecule has 0 radical (unpaired) electrons. The van der Waals surface area contributed by atoms with Crippen LogP contribution in [-0.2, 0) is 13.5 Å². The molecule has 1 aromatic carbocycles. The van der Waals surface area contributed by atoms with Crippen molar-refractivity contribution in [3.63, 3.8) is 0 Å². The van der Waals surface area contributed by atoms with Crippen molar-refractivity contribution in [2.75, 3.05) is 14.2 Å². The van der Waals surface area contributed by atoms with Gasteiger partial charge in [-0.3, -0.25) is 4.68 Å². The van der Waals surface area contributed by atoms with Crippen LogP contribution in [0.4, 0.5) is 0 Å². The van der Waals surface area contributed by atoms with Crippen molar-refractivity contribution in [2.24, 2.45) is 7.05 Å². The summed E-state index contributed by atoms with van der Waals surface area (Å²) in [6.45, 7) is 0. The van der Waals surface area contributed by atoms with Crippen molar-refractivity contribution in [3.05, 3.63) is 40.7 Å². The first kappa shape index (κ1) is 14.7. The van der Waals surface area contributed by atoms with E-state index in [0.29, 0.717) is 28.5 Å². The fourth-order valence-electron chi connectivity index (χ4n) is 2.02. The Morgan fingerprint density at radius 1 is 1.35 bits per heavy atom. The van der Waals surface area contributed by atoms with E-state index >= 15 is 0 Å². The fraction of sp³-hybridized carbons (Fsp3) is 0.357. The summed E-state index contributed by atoms with van der Waals surface area (Å²) in [6, 6.07) is 5.26. The molecule has 1 N–H and O–H groups in total. The summed E-state index contributed by atoms with van der Waals surface area (Å²) in [5.41, 5.74) is 1.48. The van der Waals surface area contributed by atoms with Crippen molar-refractivity contribution in [1.29, 1.82) is 0 Å². The summed E-state index contributed by atoms with van der Waals surface area (Å²) in [4.78, 5) is 0. The molecular weight excluding hydrogens is 280 g/mol. The Labute approximate surface area is 122 Å². The molecule has 6 heteroatoms. The second-order valence-electron chi connectivity index (χ2n) is 4.44. The lowest BCUT2D eigenvalue weighted by Gasteiger charge is -2.15. The van der Waals surface area contributed by atoms with Gasteiger partial charge in [-0.05, 0) is 23.8 Å². The molecule has 2 rings (SSSR count). The van der Waals surface area contributed by atoms with E-state index < -0.39 is 6.10 Å². The first-order valence-corrected chi connectivity index (χ1v) is 6.51. The van der Waals surface area contributed by atoms with Gasteiger partial charge in [0.25, 0.3) is 0 Å². The largest absolute Gasteiger partial charge is 0.493 e. The topological polar surface area (TPSA) is 56.5 Å². The van der Waals surface area contributed by atoms with Gasteiger partial charge in [0.15, 0.2) is 11.5 Å². The molecular formula is C14H17ClN2O3. The van der Waals surface area contributed by atoms with Gasteiger partial charge in [-0.15, -0.1) is 0 Å². The Kier molecular flexibility index (Phi) is 4.52. The fourth-order valence-corrected chi connectivity index (χ4v) is 2.31. The molecule has 20 heavy (non-hydrogen) atoms. The van der Waals surface area contributed by atoms with Crippen LogP contribution in [0, 0.1) is 0 Å². The van der Waals surface area contributed by atoms with Gasteiger partial charge in [0.2, 0.25) is 0 Å². The minimum atomic E-state index is -0.706. The van der Waals surface area contributed by atoms with Crippen LogP contribution in [0.1, 0.15) is 17.4 Å². The number of benzene rings is 1. The quantitative estimate of drug-likeness (QED) is 0.920. The Morgan fingerprint density at radius 2 is 2.10 bits per heavy atom. The average molecular weight is 297 g/mol. The van der Waals surface area contributed by atoms with E-state index in [1.807, 2.05) is 19.3 Å². The minimum absolute atomic E-state index is 0.405. The Bertz CT molecular complexity index is 598. The maximum absolute atomic E-state index is 10.3. The molecule has 5 nitrogen and oxygen atoms in total. The third kappa shape index (κ3) is 3.05. The zero-order valence-corrected chi connectivity index (χ0v) is 12.4. The standard InChI is InChI=1S/C14H17ClN2O3/c1-17-5-4-10(16-17)8-12(18)9-6-11(15)14(20-3)13(7-9)19-2/h4-7,12,18H,8H2,1-3H3. The number of hydrogen-bond donors (Lipinski definition) is 1. The van der Waals surface area contributed by atoms with Gasteiger partial charge in [0, 0.05) is 19.7 Å². The van der Waals surface area contributed by atoms with E-state index in [4.69, 9.17) is 21.1 Å². The van der Waals surface area contributed by atoms with Gasteiger partial charge >= 0.3 is 0 Å². The van der Waals surface area contributed by atoms with E-state index in [1.54, 1.807) is 16.8 Å². The molecule has 1 atom stereocenters. The number of ether oxygens (including phenoxy) is 2. The molecule has 0 bridgehead atoms. The number of aromatic nitrogens is 2. The molecule has 0 aliphatic heterocycles. The average Bonchev–Trinajstić information content (AvgIpc) is 2.82. The molecule has 0 amide bonds. The second-order valence-corrected chi connectivity index (χ2v) is 4.85. The van der Waals surface area contributed by atoms with E-state index in [1.165, 1.54) is 14.2 Å². The van der Waals surface area contributed by atoms with Crippen LogP contribution in [0.15, 0.2) is 24.4 Å². The number of hydrogen-bond acceptors (Lipinski definition) is 4. The monoisotopic (exact) mass is 296 g/mol. The Balaban J connectivity index is 2.25. The van der Waals surface area contributed by atoms with Crippen LogP contribution in [0.2, 0.25) is 5.02 Å². The molecule has 0 saturated heterocycles. The number of halogens is 1. The highest BCUT2D eigenvalue weighted by molar-refractivity contribution is 6.32. The van der Waals surface area contributed by atoms with E-state index in [9.17, 15) is 5.11 Å². The number of methoxy groups -OCH3 is 2. The maximum Gasteiger partial charge on any atom is 0.179 e. The highest BCUT2D eigenvalue weighted by Crippen LogP contribution is 2.38. The number of aliphatic hydroxyl groups excluding tert-OH is 1. The predicted molar refractivity (Wildman–Crippen MR) is 76.4 cm³/mol. The Morgan fingerprint density at radius 3 is 2.65 bits per heavy atom. The molecule has 108 valence electrons. The van der Waals surface area contributed by atoms with Gasteiger partial charge in [-0.1, -0.05) is 11.6 Å². The SMILES string of the molecule is COc1cc(C(O)Cc2ccn(C)n2)cc(Cl)c1OC. The van der Waals surface area contributed by atoms with Crippen LogP contribution in [0.5, 0.6) is 11.5 Å². The summed E-state index contributed by atoms with van der Waals surface area (Å²) in [7, 11) is 4.89. The van der Waals surface area contributed by atoms with Crippen molar-refractivity contribution in [2.45, 2.75) is 12.5 Å². The van der Waals surface area contributed by atoms with Crippen LogP contribution in [0.25, 0.3) is 0 Å². The molecule has 1 heterocycles. The lowest BCUT2D eigenvalue weighted by atomic mass is 10.0. The number of rotatable bonds is 5. The first-order valence-electron chi connectivity index (χ1n) is 6.13. The van der Waals surface area contributed by atoms with Crippen molar-refractivity contribution >= 4 is 11.6 Å². The predicted octanol–water partition coefficient (Wildman–Crippen LogP) is 2.37. The molecule has 0 saturated carbocycles. The van der Waals surface area contributed by atoms with Crippen LogP contribution in [0.3, 0.4) is 0 Å². The van der Waals surface area contributed by atoms with Gasteiger partial charge in [-0.2, -0.15) is 5.10 Å². The first-order chi connectivity index (χ1) is 9.55. The highest BCUT2D eigenvalue weighted by Gasteiger charge is 2.16. The molecule has 0 aliphatic rings. The Hall–Kier alpha value is -1.72. The minimum Gasteiger partial charge on any atom is -0.493 e. The summed E-state index contributed by atoms with van der Waals surface area (Å²) < 4.78 is 12.1. The molecule has 1 aromatic heterocycles. The van der Waals surface area contributed by atoms with Gasteiger partial charge < -0.3 is 14.6 Å². The molecule has 1 unspecified atom stereocenters. The van der Waals surface area contributed by atoms with E-state index in [0.717, 1.165) is 5.69 Å². The van der Waals surface area contributed by atoms with Gasteiger partial charge in [0.05, 0.1) is 31.0 Å². The van der Waals surface area contributed by atoms with Crippen LogP contribution in [-0.4, -0.2) is 29.1 Å². The highest BCUT2D eigenvalue weighted by atomic mass is 35.5. The normalized spacial score (nSPS) is 12.2. The number of aliphatic hydroxyl groups is 1. The van der Waals surface area contributed by atoms with E-state index in [2.05, 4.69) is 5.10 Å². The molecule has 0 aliphatic carbocycles. The zero-order valence-electron chi connectivity index (χ0n) is 11.6. The van der Waals surface area contributed by atoms with Gasteiger partial charge in [-0.25, -0.2) is 0 Å². The second kappa shape index (κ2) is 6.15. The molecule has 0 spiro atoms. The van der Waals surface area contributed by atoms with Crippen molar-refractivity contribution in [3.8, 4) is 11.5 Å². The lowest BCUT2D eigenvalue weighted by molar-refractivity contribution is 0.176. The van der Waals surface area contributed by atoms with Gasteiger partial charge in [0.1, 0.15) is 0 Å². The zero-order chi connectivity index (χ0) is 14.7. The maximum atomic E-state index is 10.3. The molecule has 0 fully saturated rings. The third-order valence-electron chi connectivity index (χ3n) is 3.01. The smallest absolute Gasteiger partial charge is 0.179 e. The summed E-state index contributed by atoms with van der Waals surface area (Å²) in [6.07, 6.45) is 1.54. The van der Waals surface area contributed by atoms with Crippen LogP contribution >= 0.6 is 11.6 Å². The number of aryl methyl sites for hydroxylation is 1. The lowest BCUT2D eigenvalue weighted by Crippen LogP contribution is -2.04. The van der Waals surface area contributed by atoms with E-state index in [-0.39, 0.29) is 0 Å². The third-order valence-corrected chi connectivity index (χ3v) is 3.29. The van der Waals surface area contributed by atoms with Crippen LogP contribution < -0.4 is 9.47 Å². The number of nitrogens with zero attached hydrogens (tertiary/aromatic N) is 2. The summed E-state index contributed by atoms with van der Waals surface area (Å²) >= 11 is 6.13. The molecule has 2 aromatic rings.